The zero-order valence-electron chi connectivity index (χ0n) is 15.0. The van der Waals surface area contributed by atoms with Crippen LogP contribution in [0, 0.1) is 6.92 Å². The van der Waals surface area contributed by atoms with Gasteiger partial charge in [-0.05, 0) is 24.3 Å². The van der Waals surface area contributed by atoms with Gasteiger partial charge in [0.15, 0.2) is 0 Å². The maximum Gasteiger partial charge on any atom is 0.264 e. The number of aromatic nitrogens is 3. The SMILES string of the molecule is COc1ccccc1NC(=O)Cn1c(-c2nnc(C)o2)cc2ccccc21. The Kier molecular flexibility index (Phi) is 4.33. The van der Waals surface area contributed by atoms with E-state index in [0.717, 1.165) is 10.9 Å². The van der Waals surface area contributed by atoms with Crippen molar-refractivity contribution in [1.82, 2.24) is 14.8 Å². The number of amides is 1. The minimum atomic E-state index is -0.182. The molecule has 0 saturated carbocycles. The molecule has 0 radical (unpaired) electrons. The second kappa shape index (κ2) is 6.95. The molecule has 0 aliphatic heterocycles. The van der Waals surface area contributed by atoms with Gasteiger partial charge in [-0.3, -0.25) is 4.79 Å². The topological polar surface area (TPSA) is 82.2 Å². The van der Waals surface area contributed by atoms with Gasteiger partial charge in [-0.25, -0.2) is 0 Å². The number of rotatable bonds is 5. The first kappa shape index (κ1) is 16.8. The molecule has 136 valence electrons. The van der Waals surface area contributed by atoms with Crippen molar-refractivity contribution in [3.05, 3.63) is 60.5 Å². The molecule has 0 aliphatic carbocycles. The average Bonchev–Trinajstić information content (AvgIpc) is 3.26. The highest BCUT2D eigenvalue weighted by molar-refractivity contribution is 5.94. The van der Waals surface area contributed by atoms with Gasteiger partial charge >= 0.3 is 0 Å². The first-order valence-corrected chi connectivity index (χ1v) is 8.47. The van der Waals surface area contributed by atoms with Gasteiger partial charge < -0.3 is 19.0 Å². The highest BCUT2D eigenvalue weighted by Crippen LogP contribution is 2.28. The quantitative estimate of drug-likeness (QED) is 0.586. The Morgan fingerprint density at radius 1 is 1.15 bits per heavy atom. The summed E-state index contributed by atoms with van der Waals surface area (Å²) in [5.74, 6) is 1.28. The van der Waals surface area contributed by atoms with E-state index in [4.69, 9.17) is 9.15 Å². The molecule has 4 aromatic rings. The zero-order valence-corrected chi connectivity index (χ0v) is 15.0. The Morgan fingerprint density at radius 2 is 1.93 bits per heavy atom. The Hall–Kier alpha value is -3.61. The monoisotopic (exact) mass is 362 g/mol. The van der Waals surface area contributed by atoms with Gasteiger partial charge in [-0.1, -0.05) is 30.3 Å². The van der Waals surface area contributed by atoms with Gasteiger partial charge in [0.1, 0.15) is 18.0 Å². The predicted octanol–water partition coefficient (Wildman–Crippen LogP) is 3.65. The average molecular weight is 362 g/mol. The molecular weight excluding hydrogens is 344 g/mol. The molecule has 0 unspecified atom stereocenters. The third kappa shape index (κ3) is 3.27. The number of carbonyl (C=O) groups excluding carboxylic acids is 1. The fourth-order valence-corrected chi connectivity index (χ4v) is 3.04. The highest BCUT2D eigenvalue weighted by Gasteiger charge is 2.18. The number of fused-ring (bicyclic) bond motifs is 1. The standard InChI is InChI=1S/C20H18N4O3/c1-13-22-23-20(27-13)17-11-14-7-3-5-9-16(14)24(17)12-19(25)21-15-8-4-6-10-18(15)26-2/h3-11H,12H2,1-2H3,(H,21,25). The predicted molar refractivity (Wildman–Crippen MR) is 102 cm³/mol. The van der Waals surface area contributed by atoms with E-state index in [0.29, 0.717) is 28.9 Å². The number of nitrogens with one attached hydrogen (secondary N) is 1. The largest absolute Gasteiger partial charge is 0.495 e. The Balaban J connectivity index is 1.69. The van der Waals surface area contributed by atoms with Crippen molar-refractivity contribution < 1.29 is 13.9 Å². The van der Waals surface area contributed by atoms with E-state index in [1.807, 2.05) is 47.0 Å². The molecule has 4 rings (SSSR count). The number of aryl methyl sites for hydroxylation is 1. The van der Waals surface area contributed by atoms with Crippen LogP contribution in [0.2, 0.25) is 0 Å². The van der Waals surface area contributed by atoms with Gasteiger partial charge in [0.25, 0.3) is 5.89 Å². The third-order valence-corrected chi connectivity index (χ3v) is 4.24. The van der Waals surface area contributed by atoms with Gasteiger partial charge in [0.2, 0.25) is 11.8 Å². The number of methoxy groups -OCH3 is 1. The lowest BCUT2D eigenvalue weighted by Crippen LogP contribution is -2.19. The molecule has 2 heterocycles. The first-order chi connectivity index (χ1) is 13.2. The first-order valence-electron chi connectivity index (χ1n) is 8.47. The van der Waals surface area contributed by atoms with Crippen molar-refractivity contribution in [2.24, 2.45) is 0 Å². The van der Waals surface area contributed by atoms with Gasteiger partial charge in [0, 0.05) is 17.8 Å². The van der Waals surface area contributed by atoms with E-state index in [1.54, 1.807) is 26.2 Å². The Bertz CT molecular complexity index is 1110. The minimum absolute atomic E-state index is 0.0995. The van der Waals surface area contributed by atoms with E-state index in [2.05, 4.69) is 15.5 Å². The van der Waals surface area contributed by atoms with Gasteiger partial charge in [-0.15, -0.1) is 10.2 Å². The molecule has 0 fully saturated rings. The molecule has 0 aliphatic rings. The summed E-state index contributed by atoms with van der Waals surface area (Å²) in [7, 11) is 1.57. The van der Waals surface area contributed by atoms with Crippen molar-refractivity contribution in [2.75, 3.05) is 12.4 Å². The number of ether oxygens (including phenoxy) is 1. The van der Waals surface area contributed by atoms with E-state index in [-0.39, 0.29) is 12.5 Å². The molecule has 1 N–H and O–H groups in total. The van der Waals surface area contributed by atoms with Crippen LogP contribution in [0.3, 0.4) is 0 Å². The molecule has 0 saturated heterocycles. The van der Waals surface area contributed by atoms with E-state index < -0.39 is 0 Å². The lowest BCUT2D eigenvalue weighted by molar-refractivity contribution is -0.116. The Labute approximate surface area is 155 Å². The summed E-state index contributed by atoms with van der Waals surface area (Å²) in [4.78, 5) is 12.7. The molecule has 0 spiro atoms. The fraction of sp³-hybridized carbons (Fsp3) is 0.150. The smallest absolute Gasteiger partial charge is 0.264 e. The summed E-state index contributed by atoms with van der Waals surface area (Å²) in [5, 5.41) is 11.9. The second-order valence-electron chi connectivity index (χ2n) is 6.05. The van der Waals surface area contributed by atoms with Crippen molar-refractivity contribution in [3.63, 3.8) is 0 Å². The zero-order chi connectivity index (χ0) is 18.8. The van der Waals surface area contributed by atoms with Crippen molar-refractivity contribution >= 4 is 22.5 Å². The molecule has 7 heteroatoms. The molecule has 2 aromatic heterocycles. The number of hydrogen-bond donors (Lipinski definition) is 1. The number of benzene rings is 2. The van der Waals surface area contributed by atoms with Gasteiger partial charge in [0.05, 0.1) is 12.8 Å². The maximum absolute atomic E-state index is 12.7. The summed E-state index contributed by atoms with van der Waals surface area (Å²) in [6.07, 6.45) is 0. The fourth-order valence-electron chi connectivity index (χ4n) is 3.04. The highest BCUT2D eigenvalue weighted by atomic mass is 16.5. The maximum atomic E-state index is 12.7. The van der Waals surface area contributed by atoms with Crippen LogP contribution < -0.4 is 10.1 Å². The van der Waals surface area contributed by atoms with Crippen LogP contribution >= 0.6 is 0 Å². The Morgan fingerprint density at radius 3 is 2.70 bits per heavy atom. The van der Waals surface area contributed by atoms with E-state index in [9.17, 15) is 4.79 Å². The lowest BCUT2D eigenvalue weighted by atomic mass is 10.2. The van der Waals surface area contributed by atoms with E-state index in [1.165, 1.54) is 0 Å². The van der Waals surface area contributed by atoms with Crippen LogP contribution in [-0.2, 0) is 11.3 Å². The van der Waals surface area contributed by atoms with Crippen molar-refractivity contribution in [3.8, 4) is 17.3 Å². The van der Waals surface area contributed by atoms with Crippen LogP contribution in [0.1, 0.15) is 5.89 Å². The van der Waals surface area contributed by atoms with E-state index >= 15 is 0 Å². The molecule has 7 nitrogen and oxygen atoms in total. The number of carbonyl (C=O) groups is 1. The summed E-state index contributed by atoms with van der Waals surface area (Å²) in [6, 6.07) is 17.1. The van der Waals surface area contributed by atoms with Crippen LogP contribution in [0.5, 0.6) is 5.75 Å². The molecule has 2 aromatic carbocycles. The summed E-state index contributed by atoms with van der Waals surface area (Å²) in [5.41, 5.74) is 2.24. The van der Waals surface area contributed by atoms with Crippen molar-refractivity contribution in [1.29, 1.82) is 0 Å². The normalized spacial score (nSPS) is 10.9. The van der Waals surface area contributed by atoms with Crippen molar-refractivity contribution in [2.45, 2.75) is 13.5 Å². The van der Waals surface area contributed by atoms with Gasteiger partial charge in [-0.2, -0.15) is 0 Å². The molecule has 0 bridgehead atoms. The van der Waals surface area contributed by atoms with Crippen LogP contribution in [-0.4, -0.2) is 27.8 Å². The van der Waals surface area contributed by atoms with Crippen LogP contribution in [0.25, 0.3) is 22.5 Å². The molecule has 0 atom stereocenters. The van der Waals surface area contributed by atoms with Crippen LogP contribution in [0.15, 0.2) is 59.0 Å². The third-order valence-electron chi connectivity index (χ3n) is 4.24. The second-order valence-corrected chi connectivity index (χ2v) is 6.05. The minimum Gasteiger partial charge on any atom is -0.495 e. The number of anilines is 1. The molecule has 27 heavy (non-hydrogen) atoms. The number of hydrogen-bond acceptors (Lipinski definition) is 5. The summed E-state index contributed by atoms with van der Waals surface area (Å²) < 4.78 is 12.7. The number of nitrogens with zero attached hydrogens (tertiary/aromatic N) is 3. The van der Waals surface area contributed by atoms with Crippen LogP contribution in [0.4, 0.5) is 5.69 Å². The summed E-state index contributed by atoms with van der Waals surface area (Å²) in [6.45, 7) is 1.83. The number of para-hydroxylation sites is 3. The molecule has 1 amide bonds. The molecular formula is C20H18N4O3. The summed E-state index contributed by atoms with van der Waals surface area (Å²) >= 11 is 0. The lowest BCUT2D eigenvalue weighted by Gasteiger charge is -2.12.